The molecule has 0 radical (unpaired) electrons. The SMILES string of the molecule is CC1(C(=O)NC2CCCC2)Cn2c(ccc2-c2ccco2)C(=O)N1CCCN1CCCCC1. The molecule has 2 aromatic rings. The third-order valence-electron chi connectivity index (χ3n) is 7.76. The largest absolute Gasteiger partial charge is 0.463 e. The normalized spacial score (nSPS) is 24.3. The Morgan fingerprint density at radius 3 is 2.55 bits per heavy atom. The van der Waals surface area contributed by atoms with Crippen LogP contribution in [0.15, 0.2) is 34.9 Å². The van der Waals surface area contributed by atoms with Gasteiger partial charge in [0, 0.05) is 12.6 Å². The summed E-state index contributed by atoms with van der Waals surface area (Å²) in [6, 6.07) is 7.76. The number of amides is 2. The van der Waals surface area contributed by atoms with Crippen LogP contribution in [0.2, 0.25) is 0 Å². The summed E-state index contributed by atoms with van der Waals surface area (Å²) in [6.45, 7) is 6.21. The molecule has 1 saturated heterocycles. The Kier molecular flexibility index (Phi) is 6.32. The highest BCUT2D eigenvalue weighted by Gasteiger charge is 2.48. The fourth-order valence-electron chi connectivity index (χ4n) is 5.81. The molecule has 1 unspecified atom stereocenters. The highest BCUT2D eigenvalue weighted by atomic mass is 16.3. The van der Waals surface area contributed by atoms with Gasteiger partial charge in [-0.15, -0.1) is 0 Å². The van der Waals surface area contributed by atoms with E-state index in [-0.39, 0.29) is 17.9 Å². The molecule has 2 amide bonds. The molecule has 1 saturated carbocycles. The number of piperidine rings is 1. The number of carbonyl (C=O) groups excluding carboxylic acids is 2. The van der Waals surface area contributed by atoms with Crippen LogP contribution >= 0.6 is 0 Å². The molecule has 1 atom stereocenters. The molecule has 4 heterocycles. The minimum Gasteiger partial charge on any atom is -0.463 e. The van der Waals surface area contributed by atoms with Crippen LogP contribution in [-0.4, -0.2) is 63.9 Å². The molecule has 0 spiro atoms. The Bertz CT molecular complexity index is 970. The lowest BCUT2D eigenvalue weighted by atomic mass is 9.93. The van der Waals surface area contributed by atoms with Crippen molar-refractivity contribution in [3.8, 4) is 11.5 Å². The summed E-state index contributed by atoms with van der Waals surface area (Å²) in [7, 11) is 0. The first-order valence-electron chi connectivity index (χ1n) is 12.6. The second-order valence-corrected chi connectivity index (χ2v) is 10.1. The lowest BCUT2D eigenvalue weighted by Gasteiger charge is -2.45. The van der Waals surface area contributed by atoms with E-state index in [0.717, 1.165) is 57.4 Å². The lowest BCUT2D eigenvalue weighted by molar-refractivity contribution is -0.133. The highest BCUT2D eigenvalue weighted by Crippen LogP contribution is 2.34. The minimum absolute atomic E-state index is 0.0366. The Morgan fingerprint density at radius 2 is 1.82 bits per heavy atom. The number of aromatic nitrogens is 1. The van der Waals surface area contributed by atoms with E-state index in [0.29, 0.717) is 24.5 Å². The van der Waals surface area contributed by atoms with Crippen LogP contribution in [-0.2, 0) is 11.3 Å². The zero-order chi connectivity index (χ0) is 22.8. The van der Waals surface area contributed by atoms with Gasteiger partial charge in [-0.25, -0.2) is 0 Å². The van der Waals surface area contributed by atoms with Crippen molar-refractivity contribution in [3.63, 3.8) is 0 Å². The van der Waals surface area contributed by atoms with Crippen molar-refractivity contribution in [1.82, 2.24) is 19.7 Å². The molecule has 0 aromatic carbocycles. The van der Waals surface area contributed by atoms with Gasteiger partial charge in [-0.3, -0.25) is 9.59 Å². The molecule has 1 aliphatic carbocycles. The standard InChI is InChI=1S/C26H36N4O3/c1-26(25(32)27-20-9-3-4-10-20)19-29-21(23-11-7-18-33-23)12-13-22(29)24(31)30(26)17-8-16-28-14-5-2-6-15-28/h7,11-13,18,20H,2-6,8-10,14-17,19H2,1H3,(H,27,32). The van der Waals surface area contributed by atoms with E-state index in [1.54, 1.807) is 6.26 Å². The van der Waals surface area contributed by atoms with Crippen LogP contribution in [0.4, 0.5) is 0 Å². The first-order valence-corrected chi connectivity index (χ1v) is 12.6. The van der Waals surface area contributed by atoms with E-state index in [1.807, 2.05) is 40.7 Å². The summed E-state index contributed by atoms with van der Waals surface area (Å²) in [5.74, 6) is 0.610. The summed E-state index contributed by atoms with van der Waals surface area (Å²) in [4.78, 5) is 31.7. The van der Waals surface area contributed by atoms with Crippen LogP contribution in [0.25, 0.3) is 11.5 Å². The van der Waals surface area contributed by atoms with Crippen molar-refractivity contribution >= 4 is 11.8 Å². The number of nitrogens with zero attached hydrogens (tertiary/aromatic N) is 3. The second-order valence-electron chi connectivity index (χ2n) is 10.1. The van der Waals surface area contributed by atoms with Crippen molar-refractivity contribution in [2.24, 2.45) is 0 Å². The molecule has 5 rings (SSSR count). The van der Waals surface area contributed by atoms with Crippen LogP contribution < -0.4 is 5.32 Å². The Hall–Kier alpha value is -2.54. The number of rotatable bonds is 7. The van der Waals surface area contributed by atoms with Gasteiger partial charge >= 0.3 is 0 Å². The van der Waals surface area contributed by atoms with Gasteiger partial charge in [-0.2, -0.15) is 0 Å². The van der Waals surface area contributed by atoms with Gasteiger partial charge in [-0.1, -0.05) is 19.3 Å². The monoisotopic (exact) mass is 452 g/mol. The smallest absolute Gasteiger partial charge is 0.271 e. The maximum Gasteiger partial charge on any atom is 0.271 e. The molecule has 0 bridgehead atoms. The molecule has 2 aromatic heterocycles. The number of hydrogen-bond donors (Lipinski definition) is 1. The number of likely N-dealkylation sites (tertiary alicyclic amines) is 1. The average molecular weight is 453 g/mol. The number of hydrogen-bond acceptors (Lipinski definition) is 4. The Morgan fingerprint density at radius 1 is 1.06 bits per heavy atom. The number of carbonyl (C=O) groups is 2. The minimum atomic E-state index is -0.936. The topological polar surface area (TPSA) is 70.7 Å². The first kappa shape index (κ1) is 22.3. The zero-order valence-corrected chi connectivity index (χ0v) is 19.7. The van der Waals surface area contributed by atoms with Gasteiger partial charge in [0.1, 0.15) is 17.0 Å². The Balaban J connectivity index is 1.40. The van der Waals surface area contributed by atoms with E-state index in [9.17, 15) is 9.59 Å². The molecule has 2 aliphatic heterocycles. The maximum absolute atomic E-state index is 13.7. The van der Waals surface area contributed by atoms with Gasteiger partial charge in [0.15, 0.2) is 0 Å². The van der Waals surface area contributed by atoms with Crippen LogP contribution in [0.1, 0.15) is 68.8 Å². The van der Waals surface area contributed by atoms with Gasteiger partial charge in [0.25, 0.3) is 5.91 Å². The molecule has 3 aliphatic rings. The van der Waals surface area contributed by atoms with Crippen molar-refractivity contribution in [2.45, 2.75) is 76.4 Å². The fraction of sp³-hybridized carbons (Fsp3) is 0.615. The number of furan rings is 1. The molecular formula is C26H36N4O3. The number of fused-ring (bicyclic) bond motifs is 1. The lowest BCUT2D eigenvalue weighted by Crippen LogP contribution is -2.65. The summed E-state index contributed by atoms with van der Waals surface area (Å²) < 4.78 is 7.59. The van der Waals surface area contributed by atoms with E-state index >= 15 is 0 Å². The molecular weight excluding hydrogens is 416 g/mol. The van der Waals surface area contributed by atoms with E-state index in [4.69, 9.17) is 4.42 Å². The highest BCUT2D eigenvalue weighted by molar-refractivity contribution is 6.00. The second kappa shape index (κ2) is 9.37. The molecule has 7 heteroatoms. The molecule has 178 valence electrons. The van der Waals surface area contributed by atoms with E-state index in [2.05, 4.69) is 10.2 Å². The fourth-order valence-corrected chi connectivity index (χ4v) is 5.81. The van der Waals surface area contributed by atoms with Crippen LogP contribution in [0, 0.1) is 0 Å². The first-order chi connectivity index (χ1) is 16.1. The molecule has 7 nitrogen and oxygen atoms in total. The van der Waals surface area contributed by atoms with Crippen molar-refractivity contribution in [2.75, 3.05) is 26.2 Å². The van der Waals surface area contributed by atoms with Gasteiger partial charge in [0.2, 0.25) is 5.91 Å². The van der Waals surface area contributed by atoms with Gasteiger partial charge < -0.3 is 24.1 Å². The molecule has 1 N–H and O–H groups in total. The maximum atomic E-state index is 13.7. The van der Waals surface area contributed by atoms with E-state index in [1.165, 1.54) is 19.3 Å². The average Bonchev–Trinajstić information content (AvgIpc) is 3.58. The summed E-state index contributed by atoms with van der Waals surface area (Å²) in [5, 5.41) is 3.28. The zero-order valence-electron chi connectivity index (χ0n) is 19.7. The predicted molar refractivity (Wildman–Crippen MR) is 127 cm³/mol. The van der Waals surface area contributed by atoms with Crippen molar-refractivity contribution in [1.29, 1.82) is 0 Å². The van der Waals surface area contributed by atoms with E-state index < -0.39 is 5.54 Å². The van der Waals surface area contributed by atoms with Crippen molar-refractivity contribution in [3.05, 3.63) is 36.2 Å². The van der Waals surface area contributed by atoms with Crippen LogP contribution in [0.5, 0.6) is 0 Å². The van der Waals surface area contributed by atoms with Crippen LogP contribution in [0.3, 0.4) is 0 Å². The van der Waals surface area contributed by atoms with Gasteiger partial charge in [-0.05, 0) is 82.9 Å². The molecule has 33 heavy (non-hydrogen) atoms. The summed E-state index contributed by atoms with van der Waals surface area (Å²) in [6.07, 6.45) is 10.7. The Labute approximate surface area is 196 Å². The third-order valence-corrected chi connectivity index (χ3v) is 7.76. The van der Waals surface area contributed by atoms with Gasteiger partial charge in [0.05, 0.1) is 18.5 Å². The third kappa shape index (κ3) is 4.35. The summed E-state index contributed by atoms with van der Waals surface area (Å²) in [5.41, 5.74) is 0.538. The number of nitrogens with one attached hydrogen (secondary N) is 1. The van der Waals surface area contributed by atoms with Crippen molar-refractivity contribution < 1.29 is 14.0 Å². The summed E-state index contributed by atoms with van der Waals surface area (Å²) >= 11 is 0. The quantitative estimate of drug-likeness (QED) is 0.692. The molecule has 2 fully saturated rings. The predicted octanol–water partition coefficient (Wildman–Crippen LogP) is 3.90.